The number of fused-ring (bicyclic) bond motifs is 1. The summed E-state index contributed by atoms with van der Waals surface area (Å²) in [7, 11) is 0. The number of anilines is 2. The molecule has 1 N–H and O–H groups in total. The van der Waals surface area contributed by atoms with Gasteiger partial charge < -0.3 is 19.7 Å². The Hall–Kier alpha value is -3.38. The van der Waals surface area contributed by atoms with Gasteiger partial charge in [-0.25, -0.2) is 4.79 Å². The smallest absolute Gasteiger partial charge is 0.338 e. The van der Waals surface area contributed by atoms with E-state index in [0.29, 0.717) is 11.3 Å². The minimum atomic E-state index is -0.520. The molecule has 0 bridgehead atoms. The van der Waals surface area contributed by atoms with Gasteiger partial charge in [0.1, 0.15) is 0 Å². The van der Waals surface area contributed by atoms with Crippen LogP contribution in [-0.2, 0) is 14.3 Å². The Bertz CT molecular complexity index is 1010. The number of nitrogens with zero attached hydrogens (tertiary/aromatic N) is 1. The molecule has 1 heterocycles. The van der Waals surface area contributed by atoms with Crippen LogP contribution in [0.15, 0.2) is 66.7 Å². The lowest BCUT2D eigenvalue weighted by Crippen LogP contribution is -2.36. The maximum Gasteiger partial charge on any atom is 0.338 e. The lowest BCUT2D eigenvalue weighted by molar-refractivity contribution is -0.119. The first-order valence-corrected chi connectivity index (χ1v) is 9.57. The Labute approximate surface area is 169 Å². The number of hydrogen-bond acceptors (Lipinski definition) is 5. The average Bonchev–Trinajstić information content (AvgIpc) is 2.78. The topological polar surface area (TPSA) is 67.9 Å². The number of ether oxygens (including phenoxy) is 2. The van der Waals surface area contributed by atoms with Crippen molar-refractivity contribution in [3.8, 4) is 0 Å². The first-order chi connectivity index (χ1) is 14.2. The second-order valence-corrected chi connectivity index (χ2v) is 6.83. The summed E-state index contributed by atoms with van der Waals surface area (Å²) in [5.74, 6) is -0.896. The zero-order chi connectivity index (χ0) is 20.1. The summed E-state index contributed by atoms with van der Waals surface area (Å²) < 4.78 is 10.5. The molecule has 0 spiro atoms. The molecular formula is C23H22N2O4. The number of benzene rings is 3. The fourth-order valence-corrected chi connectivity index (χ4v) is 3.30. The van der Waals surface area contributed by atoms with Crippen molar-refractivity contribution in [1.82, 2.24) is 0 Å². The summed E-state index contributed by atoms with van der Waals surface area (Å²) in [6, 6.07) is 20.7. The molecule has 0 atom stereocenters. The molecule has 6 heteroatoms. The van der Waals surface area contributed by atoms with Crippen molar-refractivity contribution in [3.63, 3.8) is 0 Å². The van der Waals surface area contributed by atoms with Gasteiger partial charge in [0.05, 0.1) is 18.8 Å². The molecule has 1 aliphatic heterocycles. The number of esters is 1. The molecule has 1 saturated heterocycles. The van der Waals surface area contributed by atoms with Crippen LogP contribution in [-0.4, -0.2) is 44.8 Å². The molecule has 1 amide bonds. The summed E-state index contributed by atoms with van der Waals surface area (Å²) in [6.07, 6.45) is 0. The van der Waals surface area contributed by atoms with Crippen molar-refractivity contribution in [2.75, 3.05) is 43.1 Å². The highest BCUT2D eigenvalue weighted by Gasteiger charge is 2.13. The third kappa shape index (κ3) is 4.73. The van der Waals surface area contributed by atoms with Gasteiger partial charge in [0.2, 0.25) is 0 Å². The number of nitrogens with one attached hydrogen (secondary N) is 1. The molecule has 1 fully saturated rings. The SMILES string of the molecule is O=C(COC(=O)c1ccc2ccccc2c1)Nc1ccc(N2CCOCC2)cc1. The van der Waals surface area contributed by atoms with Crippen LogP contribution in [0.25, 0.3) is 10.8 Å². The van der Waals surface area contributed by atoms with Gasteiger partial charge in [0.15, 0.2) is 6.61 Å². The molecule has 3 aromatic carbocycles. The largest absolute Gasteiger partial charge is 0.452 e. The van der Waals surface area contributed by atoms with Crippen LogP contribution >= 0.6 is 0 Å². The molecule has 29 heavy (non-hydrogen) atoms. The van der Waals surface area contributed by atoms with E-state index in [1.807, 2.05) is 54.6 Å². The Kier molecular flexibility index (Phi) is 5.72. The van der Waals surface area contributed by atoms with Gasteiger partial charge in [-0.2, -0.15) is 0 Å². The summed E-state index contributed by atoms with van der Waals surface area (Å²) in [5, 5.41) is 4.74. The van der Waals surface area contributed by atoms with Crippen molar-refractivity contribution < 1.29 is 19.1 Å². The van der Waals surface area contributed by atoms with E-state index < -0.39 is 5.97 Å². The summed E-state index contributed by atoms with van der Waals surface area (Å²) >= 11 is 0. The quantitative estimate of drug-likeness (QED) is 0.676. The molecule has 0 unspecified atom stereocenters. The summed E-state index contributed by atoms with van der Waals surface area (Å²) in [6.45, 7) is 2.83. The normalized spacial score (nSPS) is 13.9. The molecule has 3 aromatic rings. The highest BCUT2D eigenvalue weighted by atomic mass is 16.5. The third-order valence-electron chi connectivity index (χ3n) is 4.85. The molecule has 0 aromatic heterocycles. The molecule has 148 valence electrons. The fourth-order valence-electron chi connectivity index (χ4n) is 3.30. The van der Waals surface area contributed by atoms with Crippen molar-refractivity contribution in [2.24, 2.45) is 0 Å². The Morgan fingerprint density at radius 3 is 2.41 bits per heavy atom. The molecule has 0 aliphatic carbocycles. The van der Waals surface area contributed by atoms with Gasteiger partial charge in [-0.1, -0.05) is 30.3 Å². The van der Waals surface area contributed by atoms with Gasteiger partial charge in [-0.15, -0.1) is 0 Å². The number of amides is 1. The van der Waals surface area contributed by atoms with E-state index in [4.69, 9.17) is 9.47 Å². The summed E-state index contributed by atoms with van der Waals surface area (Å²) in [5.41, 5.74) is 2.18. The third-order valence-corrected chi connectivity index (χ3v) is 4.85. The molecule has 4 rings (SSSR count). The van der Waals surface area contributed by atoms with Gasteiger partial charge in [-0.3, -0.25) is 4.79 Å². The standard InChI is InChI=1S/C23H22N2O4/c26-22(24-20-7-9-21(10-8-20)25-11-13-28-14-12-25)16-29-23(27)19-6-5-17-3-1-2-4-18(17)15-19/h1-10,15H,11-14,16H2,(H,24,26). The minimum absolute atomic E-state index is 0.336. The fraction of sp³-hybridized carbons (Fsp3) is 0.217. The Morgan fingerprint density at radius 1 is 0.931 bits per heavy atom. The maximum absolute atomic E-state index is 12.2. The van der Waals surface area contributed by atoms with E-state index in [1.165, 1.54) is 0 Å². The zero-order valence-electron chi connectivity index (χ0n) is 16.0. The number of hydrogen-bond donors (Lipinski definition) is 1. The van der Waals surface area contributed by atoms with Crippen molar-refractivity contribution in [1.29, 1.82) is 0 Å². The predicted molar refractivity (Wildman–Crippen MR) is 112 cm³/mol. The number of carbonyl (C=O) groups is 2. The molecular weight excluding hydrogens is 368 g/mol. The van der Waals surface area contributed by atoms with Crippen LogP contribution in [0.2, 0.25) is 0 Å². The molecule has 0 saturated carbocycles. The second kappa shape index (κ2) is 8.75. The van der Waals surface area contributed by atoms with Crippen molar-refractivity contribution in [2.45, 2.75) is 0 Å². The van der Waals surface area contributed by atoms with E-state index in [-0.39, 0.29) is 12.5 Å². The Balaban J connectivity index is 1.30. The van der Waals surface area contributed by atoms with Crippen molar-refractivity contribution in [3.05, 3.63) is 72.3 Å². The Morgan fingerprint density at radius 2 is 1.66 bits per heavy atom. The first-order valence-electron chi connectivity index (χ1n) is 9.57. The molecule has 6 nitrogen and oxygen atoms in total. The van der Waals surface area contributed by atoms with Gasteiger partial charge in [0.25, 0.3) is 5.91 Å². The monoisotopic (exact) mass is 390 g/mol. The lowest BCUT2D eigenvalue weighted by atomic mass is 10.1. The second-order valence-electron chi connectivity index (χ2n) is 6.83. The van der Waals surface area contributed by atoms with Crippen LogP contribution in [0.3, 0.4) is 0 Å². The highest BCUT2D eigenvalue weighted by Crippen LogP contribution is 2.19. The van der Waals surface area contributed by atoms with Gasteiger partial charge >= 0.3 is 5.97 Å². The zero-order valence-corrected chi connectivity index (χ0v) is 16.0. The van der Waals surface area contributed by atoms with Crippen molar-refractivity contribution >= 4 is 34.0 Å². The van der Waals surface area contributed by atoms with Crippen LogP contribution < -0.4 is 10.2 Å². The molecule has 0 radical (unpaired) electrons. The van der Waals surface area contributed by atoms with E-state index in [1.54, 1.807) is 12.1 Å². The predicted octanol–water partition coefficient (Wildman–Crippen LogP) is 3.47. The van der Waals surface area contributed by atoms with E-state index in [9.17, 15) is 9.59 Å². The van der Waals surface area contributed by atoms with Gasteiger partial charge in [-0.05, 0) is 47.2 Å². The van der Waals surface area contributed by atoms with Gasteiger partial charge in [0, 0.05) is 24.5 Å². The summed E-state index contributed by atoms with van der Waals surface area (Å²) in [4.78, 5) is 26.6. The van der Waals surface area contributed by atoms with E-state index >= 15 is 0 Å². The average molecular weight is 390 g/mol. The lowest BCUT2D eigenvalue weighted by Gasteiger charge is -2.28. The number of rotatable bonds is 5. The van der Waals surface area contributed by atoms with Crippen LogP contribution in [0.4, 0.5) is 11.4 Å². The molecule has 1 aliphatic rings. The van der Waals surface area contributed by atoms with Crippen LogP contribution in [0.5, 0.6) is 0 Å². The van der Waals surface area contributed by atoms with Crippen LogP contribution in [0.1, 0.15) is 10.4 Å². The number of morpholine rings is 1. The van der Waals surface area contributed by atoms with E-state index in [2.05, 4.69) is 10.2 Å². The highest BCUT2D eigenvalue weighted by molar-refractivity contribution is 5.98. The first kappa shape index (κ1) is 19.0. The van der Waals surface area contributed by atoms with E-state index in [0.717, 1.165) is 42.8 Å². The van der Waals surface area contributed by atoms with Crippen LogP contribution in [0, 0.1) is 0 Å². The number of carbonyl (C=O) groups excluding carboxylic acids is 2. The maximum atomic E-state index is 12.2. The minimum Gasteiger partial charge on any atom is -0.452 e.